The number of nitrogens with zero attached hydrogens (tertiary/aromatic N) is 3. The molecule has 1 saturated heterocycles. The Kier molecular flexibility index (Phi) is 4.19. The molecule has 0 radical (unpaired) electrons. The molecule has 1 aliphatic heterocycles. The summed E-state index contributed by atoms with van der Waals surface area (Å²) in [4.78, 5) is 17.5. The fraction of sp³-hybridized carbons (Fsp3) is 0.526. The van der Waals surface area contributed by atoms with Crippen molar-refractivity contribution in [2.75, 3.05) is 26.2 Å². The van der Waals surface area contributed by atoms with E-state index in [-0.39, 0.29) is 11.4 Å². The Bertz CT molecular complexity index is 711. The van der Waals surface area contributed by atoms with E-state index in [1.54, 1.807) is 0 Å². The highest BCUT2D eigenvalue weighted by atomic mass is 16.2. The van der Waals surface area contributed by atoms with Gasteiger partial charge in [0.2, 0.25) is 0 Å². The normalized spacial score (nSPS) is 17.5. The summed E-state index contributed by atoms with van der Waals surface area (Å²) < 4.78 is 2.07. The van der Waals surface area contributed by atoms with Crippen molar-refractivity contribution in [3.63, 3.8) is 0 Å². The summed E-state index contributed by atoms with van der Waals surface area (Å²) in [5.74, 6) is 0.164. The number of rotatable bonds is 1. The van der Waals surface area contributed by atoms with E-state index in [9.17, 15) is 4.79 Å². The molecular formula is C19H27N3O. The van der Waals surface area contributed by atoms with Gasteiger partial charge in [-0.15, -0.1) is 0 Å². The summed E-state index contributed by atoms with van der Waals surface area (Å²) >= 11 is 0. The molecule has 4 nitrogen and oxygen atoms in total. The van der Waals surface area contributed by atoms with Crippen LogP contribution in [0.25, 0.3) is 10.9 Å². The highest BCUT2D eigenvalue weighted by Gasteiger charge is 2.26. The molecule has 1 aliphatic rings. The lowest BCUT2D eigenvalue weighted by Gasteiger charge is -2.34. The van der Waals surface area contributed by atoms with Gasteiger partial charge in [0.25, 0.3) is 5.91 Å². The average molecular weight is 313 g/mol. The number of fused-ring (bicyclic) bond motifs is 1. The standard InChI is InChI=1S/C19H27N3O/c1-19(2,3)22-11-6-10-21(13-14-22)18(23)16-7-5-8-17-15(16)9-12-20(17)4/h5,7-9,12H,6,10-11,13-14H2,1-4H3. The third kappa shape index (κ3) is 3.13. The summed E-state index contributed by atoms with van der Waals surface area (Å²) in [7, 11) is 2.02. The van der Waals surface area contributed by atoms with Gasteiger partial charge in [0.15, 0.2) is 0 Å². The number of aryl methyl sites for hydroxylation is 1. The summed E-state index contributed by atoms with van der Waals surface area (Å²) in [6.07, 6.45) is 3.05. The van der Waals surface area contributed by atoms with E-state index in [1.165, 1.54) is 0 Å². The summed E-state index contributed by atoms with van der Waals surface area (Å²) in [6.45, 7) is 10.4. The smallest absolute Gasteiger partial charge is 0.254 e. The minimum absolute atomic E-state index is 0.164. The van der Waals surface area contributed by atoms with Crippen molar-refractivity contribution in [2.45, 2.75) is 32.7 Å². The zero-order chi connectivity index (χ0) is 16.6. The van der Waals surface area contributed by atoms with E-state index in [1.807, 2.05) is 36.3 Å². The first-order valence-corrected chi connectivity index (χ1v) is 8.46. The van der Waals surface area contributed by atoms with Crippen molar-refractivity contribution >= 4 is 16.8 Å². The van der Waals surface area contributed by atoms with Gasteiger partial charge in [-0.05, 0) is 45.4 Å². The number of aromatic nitrogens is 1. The van der Waals surface area contributed by atoms with Gasteiger partial charge in [0.05, 0.1) is 0 Å². The van der Waals surface area contributed by atoms with Crippen molar-refractivity contribution in [1.29, 1.82) is 0 Å². The minimum atomic E-state index is 0.164. The third-order valence-corrected chi connectivity index (χ3v) is 4.89. The SMILES string of the molecule is Cn1ccc2c(C(=O)N3CCCN(C(C)(C)C)CC3)cccc21. The fourth-order valence-electron chi connectivity index (χ4n) is 3.45. The van der Waals surface area contributed by atoms with Crippen LogP contribution in [0.5, 0.6) is 0 Å². The Morgan fingerprint density at radius 1 is 1.04 bits per heavy atom. The second-order valence-electron chi connectivity index (χ2n) is 7.47. The highest BCUT2D eigenvalue weighted by molar-refractivity contribution is 6.06. The lowest BCUT2D eigenvalue weighted by atomic mass is 10.1. The van der Waals surface area contributed by atoms with E-state index >= 15 is 0 Å². The molecule has 0 unspecified atom stereocenters. The van der Waals surface area contributed by atoms with Crippen molar-refractivity contribution in [3.05, 3.63) is 36.0 Å². The van der Waals surface area contributed by atoms with Gasteiger partial charge in [-0.1, -0.05) is 6.07 Å². The summed E-state index contributed by atoms with van der Waals surface area (Å²) in [5, 5.41) is 1.05. The topological polar surface area (TPSA) is 28.5 Å². The first kappa shape index (κ1) is 16.1. The first-order valence-electron chi connectivity index (χ1n) is 8.46. The predicted molar refractivity (Wildman–Crippen MR) is 94.8 cm³/mol. The minimum Gasteiger partial charge on any atom is -0.351 e. The predicted octanol–water partition coefficient (Wildman–Crippen LogP) is 3.12. The number of carbonyl (C=O) groups is 1. The Morgan fingerprint density at radius 3 is 2.57 bits per heavy atom. The van der Waals surface area contributed by atoms with E-state index < -0.39 is 0 Å². The van der Waals surface area contributed by atoms with Crippen LogP contribution in [-0.2, 0) is 7.05 Å². The highest BCUT2D eigenvalue weighted by Crippen LogP contribution is 2.22. The maximum Gasteiger partial charge on any atom is 0.254 e. The van der Waals surface area contributed by atoms with Gasteiger partial charge in [-0.3, -0.25) is 9.69 Å². The van der Waals surface area contributed by atoms with Crippen LogP contribution in [0.15, 0.2) is 30.5 Å². The number of amides is 1. The van der Waals surface area contributed by atoms with E-state index in [0.717, 1.165) is 49.1 Å². The van der Waals surface area contributed by atoms with Crippen molar-refractivity contribution in [2.24, 2.45) is 7.05 Å². The molecule has 2 heterocycles. The monoisotopic (exact) mass is 313 g/mol. The Balaban J connectivity index is 1.82. The molecule has 4 heteroatoms. The molecule has 1 aromatic carbocycles. The van der Waals surface area contributed by atoms with Gasteiger partial charge in [-0.25, -0.2) is 0 Å². The Hall–Kier alpha value is -1.81. The number of benzene rings is 1. The number of hydrogen-bond acceptors (Lipinski definition) is 2. The zero-order valence-electron chi connectivity index (χ0n) is 14.7. The quantitative estimate of drug-likeness (QED) is 0.809. The van der Waals surface area contributed by atoms with E-state index in [2.05, 4.69) is 36.3 Å². The van der Waals surface area contributed by atoms with Crippen LogP contribution in [-0.4, -0.2) is 52.0 Å². The van der Waals surface area contributed by atoms with Gasteiger partial charge in [0, 0.05) is 61.4 Å². The lowest BCUT2D eigenvalue weighted by Crippen LogP contribution is -2.44. The Morgan fingerprint density at radius 2 is 1.83 bits per heavy atom. The van der Waals surface area contributed by atoms with Gasteiger partial charge in [0.1, 0.15) is 0 Å². The maximum absolute atomic E-state index is 13.0. The van der Waals surface area contributed by atoms with Gasteiger partial charge >= 0.3 is 0 Å². The van der Waals surface area contributed by atoms with Gasteiger partial charge < -0.3 is 9.47 Å². The molecule has 1 fully saturated rings. The molecule has 1 aromatic heterocycles. The maximum atomic E-state index is 13.0. The molecule has 3 rings (SSSR count). The largest absolute Gasteiger partial charge is 0.351 e. The third-order valence-electron chi connectivity index (χ3n) is 4.89. The fourth-order valence-corrected chi connectivity index (χ4v) is 3.45. The van der Waals surface area contributed by atoms with Crippen molar-refractivity contribution < 1.29 is 4.79 Å². The van der Waals surface area contributed by atoms with Crippen molar-refractivity contribution in [1.82, 2.24) is 14.4 Å². The molecule has 0 saturated carbocycles. The average Bonchev–Trinajstić information content (AvgIpc) is 2.74. The molecule has 0 atom stereocenters. The second kappa shape index (κ2) is 6.00. The molecule has 0 aliphatic carbocycles. The van der Waals surface area contributed by atoms with Crippen molar-refractivity contribution in [3.8, 4) is 0 Å². The molecule has 0 bridgehead atoms. The molecule has 1 amide bonds. The zero-order valence-corrected chi connectivity index (χ0v) is 14.7. The molecule has 0 N–H and O–H groups in total. The molecule has 0 spiro atoms. The molecule has 2 aromatic rings. The van der Waals surface area contributed by atoms with Crippen LogP contribution >= 0.6 is 0 Å². The second-order valence-corrected chi connectivity index (χ2v) is 7.47. The number of hydrogen-bond donors (Lipinski definition) is 0. The van der Waals surface area contributed by atoms with Crippen LogP contribution in [0.1, 0.15) is 37.6 Å². The van der Waals surface area contributed by atoms with Crippen LogP contribution in [0.2, 0.25) is 0 Å². The van der Waals surface area contributed by atoms with E-state index in [0.29, 0.717) is 0 Å². The van der Waals surface area contributed by atoms with Gasteiger partial charge in [-0.2, -0.15) is 0 Å². The van der Waals surface area contributed by atoms with Crippen LogP contribution in [0.4, 0.5) is 0 Å². The van der Waals surface area contributed by atoms with Crippen LogP contribution in [0, 0.1) is 0 Å². The lowest BCUT2D eigenvalue weighted by molar-refractivity contribution is 0.0751. The Labute approximate surface area is 138 Å². The molecular weight excluding hydrogens is 286 g/mol. The number of carbonyl (C=O) groups excluding carboxylic acids is 1. The summed E-state index contributed by atoms with van der Waals surface area (Å²) in [6, 6.07) is 8.05. The van der Waals surface area contributed by atoms with Crippen LogP contribution < -0.4 is 0 Å². The first-order chi connectivity index (χ1) is 10.9. The molecule has 23 heavy (non-hydrogen) atoms. The summed E-state index contributed by atoms with van der Waals surface area (Å²) in [5.41, 5.74) is 2.10. The molecule has 124 valence electrons. The van der Waals surface area contributed by atoms with E-state index in [4.69, 9.17) is 0 Å². The van der Waals surface area contributed by atoms with Crippen LogP contribution in [0.3, 0.4) is 0 Å².